The predicted octanol–water partition coefficient (Wildman–Crippen LogP) is 5.34. The average molecular weight is 546 g/mol. The maximum atomic E-state index is 13.2. The molecule has 0 saturated carbocycles. The fraction of sp³-hybridized carbons (Fsp3) is 0.0870. The Labute approximate surface area is 204 Å². The van der Waals surface area contributed by atoms with Crippen LogP contribution in [0.5, 0.6) is 0 Å². The van der Waals surface area contributed by atoms with E-state index >= 15 is 0 Å². The summed E-state index contributed by atoms with van der Waals surface area (Å²) in [6.07, 6.45) is 2.92. The van der Waals surface area contributed by atoms with Crippen molar-refractivity contribution < 1.29 is 13.2 Å². The molecule has 0 aliphatic carbocycles. The van der Waals surface area contributed by atoms with Gasteiger partial charge in [-0.05, 0) is 55.0 Å². The van der Waals surface area contributed by atoms with Crippen molar-refractivity contribution >= 4 is 60.2 Å². The number of para-hydroxylation sites is 1. The molecule has 1 aromatic heterocycles. The van der Waals surface area contributed by atoms with Gasteiger partial charge in [-0.25, -0.2) is 8.42 Å². The molecule has 0 saturated heterocycles. The molecule has 0 radical (unpaired) electrons. The fourth-order valence-electron chi connectivity index (χ4n) is 3.29. The van der Waals surface area contributed by atoms with E-state index in [0.717, 1.165) is 5.56 Å². The highest BCUT2D eigenvalue weighted by Crippen LogP contribution is 2.27. The van der Waals surface area contributed by atoms with Gasteiger partial charge >= 0.3 is 0 Å². The fourth-order valence-corrected chi connectivity index (χ4v) is 5.02. The summed E-state index contributed by atoms with van der Waals surface area (Å²) >= 11 is 9.28. The van der Waals surface area contributed by atoms with Gasteiger partial charge in [-0.1, -0.05) is 45.7 Å². The van der Waals surface area contributed by atoms with Gasteiger partial charge in [0.15, 0.2) is 0 Å². The summed E-state index contributed by atoms with van der Waals surface area (Å²) in [6, 6.07) is 16.3. The number of nitrogens with zero attached hydrogens (tertiary/aromatic N) is 2. The third kappa shape index (κ3) is 5.16. The molecule has 1 amide bonds. The Bertz CT molecular complexity index is 1440. The lowest BCUT2D eigenvalue weighted by molar-refractivity contribution is 0.0941. The highest BCUT2D eigenvalue weighted by atomic mass is 79.9. The second-order valence-corrected chi connectivity index (χ2v) is 10.2. The van der Waals surface area contributed by atoms with Crippen molar-refractivity contribution in [2.45, 2.75) is 17.9 Å². The van der Waals surface area contributed by atoms with Gasteiger partial charge in [0.05, 0.1) is 22.8 Å². The van der Waals surface area contributed by atoms with Gasteiger partial charge in [-0.2, -0.15) is 0 Å². The van der Waals surface area contributed by atoms with Crippen LogP contribution >= 0.6 is 27.5 Å². The largest absolute Gasteiger partial charge is 0.345 e. The molecular formula is C23H18BrClN4O3S. The first-order valence-electron chi connectivity index (χ1n) is 9.83. The van der Waals surface area contributed by atoms with Crippen molar-refractivity contribution in [1.82, 2.24) is 15.3 Å². The second-order valence-electron chi connectivity index (χ2n) is 7.22. The number of halogens is 2. The van der Waals surface area contributed by atoms with Crippen molar-refractivity contribution in [3.8, 4) is 0 Å². The van der Waals surface area contributed by atoms with Crippen LogP contribution in [0.4, 0.5) is 5.69 Å². The average Bonchev–Trinajstić information content (AvgIpc) is 2.78. The SMILES string of the molecule is CC(NC(=O)c1ccc(Br)cc1NS(=O)(=O)c1cccc2nccnc12)c1ccc(Cl)cc1. The number of benzene rings is 3. The molecule has 10 heteroatoms. The summed E-state index contributed by atoms with van der Waals surface area (Å²) in [5.74, 6) is -0.430. The molecular weight excluding hydrogens is 528 g/mol. The van der Waals surface area contributed by atoms with E-state index < -0.39 is 15.9 Å². The lowest BCUT2D eigenvalue weighted by Gasteiger charge is -2.17. The van der Waals surface area contributed by atoms with Crippen molar-refractivity contribution in [2.24, 2.45) is 0 Å². The summed E-state index contributed by atoms with van der Waals surface area (Å²) in [4.78, 5) is 21.3. The third-order valence-corrected chi connectivity index (χ3v) is 7.08. The van der Waals surface area contributed by atoms with Gasteiger partial charge in [0.2, 0.25) is 0 Å². The van der Waals surface area contributed by atoms with Crippen LogP contribution in [0.3, 0.4) is 0 Å². The number of anilines is 1. The Morgan fingerprint density at radius 2 is 1.76 bits per heavy atom. The van der Waals surface area contributed by atoms with Crippen LogP contribution in [0.1, 0.15) is 28.9 Å². The maximum Gasteiger partial charge on any atom is 0.264 e. The van der Waals surface area contributed by atoms with Crippen molar-refractivity contribution in [1.29, 1.82) is 0 Å². The summed E-state index contributed by atoms with van der Waals surface area (Å²) < 4.78 is 29.6. The minimum absolute atomic E-state index is 0.0334. The Morgan fingerprint density at radius 1 is 1.03 bits per heavy atom. The second kappa shape index (κ2) is 9.46. The minimum atomic E-state index is -4.07. The number of hydrogen-bond acceptors (Lipinski definition) is 5. The quantitative estimate of drug-likeness (QED) is 0.341. The minimum Gasteiger partial charge on any atom is -0.345 e. The number of rotatable bonds is 6. The number of fused-ring (bicyclic) bond motifs is 1. The smallest absolute Gasteiger partial charge is 0.264 e. The highest BCUT2D eigenvalue weighted by Gasteiger charge is 2.23. The Morgan fingerprint density at radius 3 is 2.52 bits per heavy atom. The molecule has 4 aromatic rings. The molecule has 2 N–H and O–H groups in total. The standard InChI is InChI=1S/C23H18BrClN4O3S/c1-14(15-5-8-17(25)9-6-15)28-23(30)18-10-7-16(24)13-20(18)29-33(31,32)21-4-2-3-19-22(21)27-12-11-26-19/h2-14,29H,1H3,(H,28,30). The van der Waals surface area contributed by atoms with Crippen molar-refractivity contribution in [3.05, 3.63) is 93.7 Å². The van der Waals surface area contributed by atoms with Crippen LogP contribution < -0.4 is 10.0 Å². The van der Waals surface area contributed by atoms with Crippen LogP contribution in [0, 0.1) is 0 Å². The van der Waals surface area contributed by atoms with E-state index in [-0.39, 0.29) is 27.7 Å². The first kappa shape index (κ1) is 23.2. The van der Waals surface area contributed by atoms with Crippen LogP contribution in [-0.4, -0.2) is 24.3 Å². The molecule has 0 aliphatic heterocycles. The molecule has 0 spiro atoms. The molecule has 3 aromatic carbocycles. The first-order chi connectivity index (χ1) is 15.7. The Hall–Kier alpha value is -3.01. The number of nitrogens with one attached hydrogen (secondary N) is 2. The van der Waals surface area contributed by atoms with E-state index in [4.69, 9.17) is 11.6 Å². The van der Waals surface area contributed by atoms with Gasteiger partial charge in [-0.15, -0.1) is 0 Å². The number of hydrogen-bond donors (Lipinski definition) is 2. The van der Waals surface area contributed by atoms with E-state index in [1.165, 1.54) is 24.5 Å². The molecule has 0 aliphatic rings. The molecule has 4 rings (SSSR count). The number of carbonyl (C=O) groups is 1. The van der Waals surface area contributed by atoms with E-state index in [1.54, 1.807) is 36.4 Å². The first-order valence-corrected chi connectivity index (χ1v) is 12.5. The van der Waals surface area contributed by atoms with Crippen LogP contribution in [0.15, 0.2) is 82.4 Å². The summed E-state index contributed by atoms with van der Waals surface area (Å²) in [5, 5.41) is 3.49. The zero-order valence-electron chi connectivity index (χ0n) is 17.3. The molecule has 0 bridgehead atoms. The molecule has 0 fully saturated rings. The van der Waals surface area contributed by atoms with Gasteiger partial charge in [-0.3, -0.25) is 19.5 Å². The highest BCUT2D eigenvalue weighted by molar-refractivity contribution is 9.10. The van der Waals surface area contributed by atoms with Crippen molar-refractivity contribution in [2.75, 3.05) is 4.72 Å². The van der Waals surface area contributed by atoms with Crippen LogP contribution in [0.25, 0.3) is 11.0 Å². The third-order valence-electron chi connectivity index (χ3n) is 4.94. The molecule has 1 unspecified atom stereocenters. The number of carbonyl (C=O) groups excluding carboxylic acids is 1. The molecule has 7 nitrogen and oxygen atoms in total. The Balaban J connectivity index is 1.65. The topological polar surface area (TPSA) is 101 Å². The van der Waals surface area contributed by atoms with Gasteiger partial charge in [0.1, 0.15) is 10.4 Å². The normalized spacial score (nSPS) is 12.3. The zero-order chi connectivity index (χ0) is 23.6. The maximum absolute atomic E-state index is 13.2. The van der Waals surface area contributed by atoms with E-state index in [2.05, 4.69) is 35.9 Å². The summed E-state index contributed by atoms with van der Waals surface area (Å²) in [5.41, 5.74) is 1.86. The monoisotopic (exact) mass is 544 g/mol. The van der Waals surface area contributed by atoms with E-state index in [0.29, 0.717) is 15.0 Å². The summed E-state index contributed by atoms with van der Waals surface area (Å²) in [7, 11) is -4.07. The number of amides is 1. The van der Waals surface area contributed by atoms with Crippen LogP contribution in [0.2, 0.25) is 5.02 Å². The van der Waals surface area contributed by atoms with Crippen molar-refractivity contribution in [3.63, 3.8) is 0 Å². The van der Waals surface area contributed by atoms with E-state index in [1.807, 2.05) is 19.1 Å². The lowest BCUT2D eigenvalue weighted by atomic mass is 10.1. The molecule has 1 atom stereocenters. The summed E-state index contributed by atoms with van der Waals surface area (Å²) in [6.45, 7) is 1.83. The number of aromatic nitrogens is 2. The zero-order valence-corrected chi connectivity index (χ0v) is 20.4. The van der Waals surface area contributed by atoms with Gasteiger partial charge in [0.25, 0.3) is 15.9 Å². The predicted molar refractivity (Wildman–Crippen MR) is 132 cm³/mol. The van der Waals surface area contributed by atoms with Gasteiger partial charge < -0.3 is 5.32 Å². The van der Waals surface area contributed by atoms with E-state index in [9.17, 15) is 13.2 Å². The molecule has 1 heterocycles. The molecule has 168 valence electrons. The molecule has 33 heavy (non-hydrogen) atoms. The Kier molecular flexibility index (Phi) is 6.64. The lowest BCUT2D eigenvalue weighted by Crippen LogP contribution is -2.28. The number of sulfonamides is 1. The van der Waals surface area contributed by atoms with Gasteiger partial charge in [0, 0.05) is 21.9 Å². The van der Waals surface area contributed by atoms with Crippen LogP contribution in [-0.2, 0) is 10.0 Å².